The van der Waals surface area contributed by atoms with Gasteiger partial charge >= 0.3 is 11.6 Å². The molecule has 0 unspecified atom stereocenters. The van der Waals surface area contributed by atoms with Crippen molar-refractivity contribution in [1.29, 1.82) is 0 Å². The summed E-state index contributed by atoms with van der Waals surface area (Å²) in [5.41, 5.74) is -0.652. The van der Waals surface area contributed by atoms with Crippen LogP contribution in [0.25, 0.3) is 11.0 Å². The third-order valence-corrected chi connectivity index (χ3v) is 5.00. The molecular weight excluding hydrogens is 393 g/mol. The van der Waals surface area contributed by atoms with Gasteiger partial charge in [0.05, 0.1) is 13.7 Å². The lowest BCUT2D eigenvalue weighted by molar-refractivity contribution is -0.145. The van der Waals surface area contributed by atoms with Gasteiger partial charge in [-0.3, -0.25) is 4.79 Å². The highest BCUT2D eigenvalue weighted by molar-refractivity contribution is 5.99. The first-order valence-corrected chi connectivity index (χ1v) is 9.31. The Morgan fingerprint density at radius 1 is 1.13 bits per heavy atom. The fourth-order valence-electron chi connectivity index (χ4n) is 3.55. The molecule has 30 heavy (non-hydrogen) atoms. The maximum atomic E-state index is 13.9. The number of carbonyl (C=O) groups excluding carboxylic acids is 2. The van der Waals surface area contributed by atoms with Crippen molar-refractivity contribution in [3.63, 3.8) is 0 Å². The maximum Gasteiger partial charge on any atom is 0.349 e. The first kappa shape index (κ1) is 19.6. The molecule has 4 rings (SSSR count). The second kappa shape index (κ2) is 7.98. The number of hydrogen-bond donors (Lipinski definition) is 0. The van der Waals surface area contributed by atoms with Crippen LogP contribution >= 0.6 is 0 Å². The fourth-order valence-corrected chi connectivity index (χ4v) is 3.55. The highest BCUT2D eigenvalue weighted by Gasteiger charge is 2.42. The fraction of sp³-hybridized carbons (Fsp3) is 0.227. The number of nitrogens with zero attached hydrogens (tertiary/aromatic N) is 1. The van der Waals surface area contributed by atoms with Crippen LogP contribution in [-0.2, 0) is 9.53 Å². The van der Waals surface area contributed by atoms with Crippen molar-refractivity contribution in [2.24, 2.45) is 0 Å². The van der Waals surface area contributed by atoms with Crippen LogP contribution in [0.3, 0.4) is 0 Å². The zero-order chi connectivity index (χ0) is 21.3. The minimum atomic E-state index is -0.967. The molecule has 2 aromatic carbocycles. The number of hydrogen-bond acceptors (Lipinski definition) is 6. The summed E-state index contributed by atoms with van der Waals surface area (Å²) in [6, 6.07) is 13.1. The molecule has 1 aliphatic rings. The molecule has 0 saturated carbocycles. The SMILES string of the molecule is COC(=O)[C@@H]1C[C@H](Oc2ccccc2F)CN1C(=O)c1cc2ccccc2oc1=O. The van der Waals surface area contributed by atoms with E-state index in [2.05, 4.69) is 0 Å². The Morgan fingerprint density at radius 3 is 2.63 bits per heavy atom. The number of carbonyl (C=O) groups is 2. The summed E-state index contributed by atoms with van der Waals surface area (Å²) in [5, 5.41) is 0.577. The number of fused-ring (bicyclic) bond motifs is 1. The Bertz CT molecular complexity index is 1170. The number of methoxy groups -OCH3 is 1. The van der Waals surface area contributed by atoms with Gasteiger partial charge in [-0.1, -0.05) is 30.3 Å². The number of halogens is 1. The molecule has 154 valence electrons. The van der Waals surface area contributed by atoms with Gasteiger partial charge in [-0.15, -0.1) is 0 Å². The van der Waals surface area contributed by atoms with Crippen LogP contribution in [0.2, 0.25) is 0 Å². The van der Waals surface area contributed by atoms with E-state index in [9.17, 15) is 18.8 Å². The second-order valence-electron chi connectivity index (χ2n) is 6.89. The van der Waals surface area contributed by atoms with E-state index in [0.29, 0.717) is 11.0 Å². The largest absolute Gasteiger partial charge is 0.485 e. The van der Waals surface area contributed by atoms with Crippen LogP contribution in [0.1, 0.15) is 16.8 Å². The van der Waals surface area contributed by atoms with E-state index in [0.717, 1.165) is 0 Å². The van der Waals surface area contributed by atoms with Gasteiger partial charge in [0.1, 0.15) is 23.3 Å². The molecule has 0 aliphatic carbocycles. The normalized spacial score (nSPS) is 18.4. The molecule has 1 fully saturated rings. The third-order valence-electron chi connectivity index (χ3n) is 5.00. The lowest BCUT2D eigenvalue weighted by Crippen LogP contribution is -2.42. The molecule has 1 amide bonds. The van der Waals surface area contributed by atoms with Gasteiger partial charge in [-0.25, -0.2) is 14.0 Å². The second-order valence-corrected chi connectivity index (χ2v) is 6.89. The number of rotatable bonds is 4. The average molecular weight is 411 g/mol. The van der Waals surface area contributed by atoms with Crippen molar-refractivity contribution < 1.29 is 27.9 Å². The molecule has 0 bridgehead atoms. The van der Waals surface area contributed by atoms with E-state index in [4.69, 9.17) is 13.9 Å². The lowest BCUT2D eigenvalue weighted by atomic mass is 10.1. The Hall–Kier alpha value is -3.68. The van der Waals surface area contributed by atoms with Gasteiger partial charge in [0.15, 0.2) is 11.6 Å². The van der Waals surface area contributed by atoms with Crippen molar-refractivity contribution in [2.45, 2.75) is 18.6 Å². The molecule has 0 spiro atoms. The Balaban J connectivity index is 1.64. The van der Waals surface area contributed by atoms with Crippen LogP contribution in [0.15, 0.2) is 63.8 Å². The summed E-state index contributed by atoms with van der Waals surface area (Å²) < 4.78 is 29.6. The predicted octanol–water partition coefficient (Wildman–Crippen LogP) is 2.77. The Morgan fingerprint density at radius 2 is 1.87 bits per heavy atom. The molecule has 7 nitrogen and oxygen atoms in total. The van der Waals surface area contributed by atoms with Crippen molar-refractivity contribution in [3.05, 3.63) is 76.4 Å². The summed E-state index contributed by atoms with van der Waals surface area (Å²) in [6.45, 7) is -0.0147. The predicted molar refractivity (Wildman–Crippen MR) is 105 cm³/mol. The molecule has 1 aromatic heterocycles. The Labute approximate surface area is 170 Å². The van der Waals surface area contributed by atoms with Gasteiger partial charge in [-0.05, 0) is 24.3 Å². The number of para-hydroxylation sites is 2. The molecule has 2 heterocycles. The first-order valence-electron chi connectivity index (χ1n) is 9.31. The number of esters is 1. The van der Waals surface area contributed by atoms with Gasteiger partial charge in [0, 0.05) is 11.8 Å². The first-order chi connectivity index (χ1) is 14.5. The van der Waals surface area contributed by atoms with E-state index in [-0.39, 0.29) is 24.3 Å². The van der Waals surface area contributed by atoms with E-state index in [1.807, 2.05) is 0 Å². The maximum absolute atomic E-state index is 13.9. The number of ether oxygens (including phenoxy) is 2. The van der Waals surface area contributed by atoms with Crippen LogP contribution in [-0.4, -0.2) is 42.6 Å². The molecule has 0 N–H and O–H groups in total. The summed E-state index contributed by atoms with van der Waals surface area (Å²) in [4.78, 5) is 39.0. The highest BCUT2D eigenvalue weighted by atomic mass is 19.1. The zero-order valence-corrected chi connectivity index (χ0v) is 16.0. The standard InChI is InChI=1S/C22H18FNO6/c1-28-22(27)17-11-14(29-19-9-5-3-7-16(19)23)12-24(17)20(25)15-10-13-6-2-4-8-18(13)30-21(15)26/h2-10,14,17H,11-12H2,1H3/t14-,17-/m0/s1. The molecular formula is C22H18FNO6. The summed E-state index contributed by atoms with van der Waals surface area (Å²) in [6.07, 6.45) is -0.548. The topological polar surface area (TPSA) is 86.1 Å². The molecule has 1 aliphatic heterocycles. The quantitative estimate of drug-likeness (QED) is 0.485. The minimum Gasteiger partial charge on any atom is -0.485 e. The lowest BCUT2D eigenvalue weighted by Gasteiger charge is -2.21. The van der Waals surface area contributed by atoms with Crippen molar-refractivity contribution >= 4 is 22.8 Å². The van der Waals surface area contributed by atoms with Crippen molar-refractivity contribution in [3.8, 4) is 5.75 Å². The van der Waals surface area contributed by atoms with E-state index in [1.165, 1.54) is 36.3 Å². The Kier molecular flexibility index (Phi) is 5.22. The van der Waals surface area contributed by atoms with Gasteiger partial charge < -0.3 is 18.8 Å². The molecule has 8 heteroatoms. The van der Waals surface area contributed by atoms with Gasteiger partial charge in [0.2, 0.25) is 0 Å². The van der Waals surface area contributed by atoms with Crippen LogP contribution in [0.4, 0.5) is 4.39 Å². The number of amides is 1. The zero-order valence-electron chi connectivity index (χ0n) is 16.0. The smallest absolute Gasteiger partial charge is 0.349 e. The van der Waals surface area contributed by atoms with Crippen LogP contribution < -0.4 is 10.4 Å². The van der Waals surface area contributed by atoms with Crippen molar-refractivity contribution in [1.82, 2.24) is 4.90 Å². The summed E-state index contributed by atoms with van der Waals surface area (Å²) >= 11 is 0. The summed E-state index contributed by atoms with van der Waals surface area (Å²) in [5.74, 6) is -1.85. The van der Waals surface area contributed by atoms with E-state index >= 15 is 0 Å². The molecule has 1 saturated heterocycles. The average Bonchev–Trinajstić information content (AvgIpc) is 3.17. The monoisotopic (exact) mass is 411 g/mol. The minimum absolute atomic E-state index is 0.0147. The van der Waals surface area contributed by atoms with Crippen LogP contribution in [0, 0.1) is 5.82 Å². The van der Waals surface area contributed by atoms with E-state index < -0.39 is 35.5 Å². The van der Waals surface area contributed by atoms with E-state index in [1.54, 1.807) is 30.3 Å². The van der Waals surface area contributed by atoms with Gasteiger partial charge in [-0.2, -0.15) is 0 Å². The van der Waals surface area contributed by atoms with Gasteiger partial charge in [0.25, 0.3) is 5.91 Å². The van der Waals surface area contributed by atoms with Crippen molar-refractivity contribution in [2.75, 3.05) is 13.7 Å². The van der Waals surface area contributed by atoms with Crippen LogP contribution in [0.5, 0.6) is 5.75 Å². The molecule has 0 radical (unpaired) electrons. The number of likely N-dealkylation sites (tertiary alicyclic amines) is 1. The molecule has 3 aromatic rings. The third kappa shape index (κ3) is 3.63. The number of benzene rings is 2. The highest BCUT2D eigenvalue weighted by Crippen LogP contribution is 2.27. The summed E-state index contributed by atoms with van der Waals surface area (Å²) in [7, 11) is 1.21. The molecule has 2 atom stereocenters.